The summed E-state index contributed by atoms with van der Waals surface area (Å²) >= 11 is 0. The van der Waals surface area contributed by atoms with Gasteiger partial charge >= 0.3 is 0 Å². The first kappa shape index (κ1) is 17.2. The Labute approximate surface area is 127 Å². The molecule has 1 aliphatic rings. The maximum absolute atomic E-state index is 11.2. The van der Waals surface area contributed by atoms with E-state index in [0.29, 0.717) is 31.1 Å². The molecule has 116 valence electrons. The van der Waals surface area contributed by atoms with Crippen LogP contribution in [0, 0.1) is 0 Å². The second kappa shape index (κ2) is 7.81. The van der Waals surface area contributed by atoms with E-state index in [0.717, 1.165) is 6.54 Å². The quantitative estimate of drug-likeness (QED) is 0.785. The Kier molecular flexibility index (Phi) is 6.40. The van der Waals surface area contributed by atoms with Crippen molar-refractivity contribution in [2.75, 3.05) is 11.4 Å². The van der Waals surface area contributed by atoms with Crippen molar-refractivity contribution in [3.8, 4) is 0 Å². The molecule has 0 aliphatic carbocycles. The predicted molar refractivity (Wildman–Crippen MR) is 84.4 cm³/mol. The zero-order valence-electron chi connectivity index (χ0n) is 13.3. The number of rotatable bonds is 2. The van der Waals surface area contributed by atoms with Crippen LogP contribution in [0.15, 0.2) is 30.3 Å². The van der Waals surface area contributed by atoms with Crippen molar-refractivity contribution in [2.24, 2.45) is 0 Å². The van der Waals surface area contributed by atoms with Crippen LogP contribution in [0.3, 0.4) is 0 Å². The highest BCUT2D eigenvalue weighted by atomic mass is 16.5. The molecule has 1 fully saturated rings. The van der Waals surface area contributed by atoms with Gasteiger partial charge in [0.1, 0.15) is 11.4 Å². The van der Waals surface area contributed by atoms with Gasteiger partial charge in [-0.15, -0.1) is 0 Å². The molecule has 0 spiro atoms. The number of nitrogens with zero attached hydrogens (tertiary/aromatic N) is 1. The Morgan fingerprint density at radius 2 is 1.86 bits per heavy atom. The topological polar surface area (TPSA) is 46.6 Å². The van der Waals surface area contributed by atoms with Gasteiger partial charge in [0.05, 0.1) is 0 Å². The van der Waals surface area contributed by atoms with E-state index in [1.165, 1.54) is 5.69 Å². The number of anilines is 1. The summed E-state index contributed by atoms with van der Waals surface area (Å²) in [6, 6.07) is 10.7. The van der Waals surface area contributed by atoms with Gasteiger partial charge in [0.2, 0.25) is 0 Å². The van der Waals surface area contributed by atoms with E-state index in [9.17, 15) is 9.59 Å². The van der Waals surface area contributed by atoms with Gasteiger partial charge in [0.15, 0.2) is 0 Å². The average Bonchev–Trinajstić information content (AvgIpc) is 2.39. The average molecular weight is 291 g/mol. The van der Waals surface area contributed by atoms with Gasteiger partial charge in [-0.3, -0.25) is 9.59 Å². The molecule has 21 heavy (non-hydrogen) atoms. The lowest BCUT2D eigenvalue weighted by molar-refractivity contribution is -0.138. The van der Waals surface area contributed by atoms with Crippen LogP contribution in [0.4, 0.5) is 5.69 Å². The molecule has 0 bridgehead atoms. The minimum atomic E-state index is -0.318. The molecule has 1 aliphatic heterocycles. The number of hydrogen-bond donors (Lipinski definition) is 0. The van der Waals surface area contributed by atoms with Crippen LogP contribution in [-0.2, 0) is 14.3 Å². The molecule has 0 aromatic heterocycles. The second-order valence-corrected chi connectivity index (χ2v) is 6.20. The summed E-state index contributed by atoms with van der Waals surface area (Å²) in [6.07, 6.45) is 1.38. The number of para-hydroxylation sites is 1. The molecule has 0 N–H and O–H groups in total. The Morgan fingerprint density at radius 1 is 1.24 bits per heavy atom. The number of ether oxygens (including phenoxy) is 1. The van der Waals surface area contributed by atoms with Crippen molar-refractivity contribution >= 4 is 17.9 Å². The number of hydrogen-bond acceptors (Lipinski definition) is 4. The molecule has 1 unspecified atom stereocenters. The van der Waals surface area contributed by atoms with Crippen molar-refractivity contribution in [2.45, 2.75) is 52.2 Å². The van der Waals surface area contributed by atoms with Crippen LogP contribution in [0.5, 0.6) is 0 Å². The summed E-state index contributed by atoms with van der Waals surface area (Å²) in [5.74, 6) is 0.393. The fourth-order valence-corrected chi connectivity index (χ4v) is 2.15. The monoisotopic (exact) mass is 291 g/mol. The third-order valence-electron chi connectivity index (χ3n) is 3.18. The van der Waals surface area contributed by atoms with E-state index in [1.807, 2.05) is 39.0 Å². The molecule has 0 amide bonds. The largest absolute Gasteiger partial charge is 0.462 e. The summed E-state index contributed by atoms with van der Waals surface area (Å²) in [7, 11) is 0. The van der Waals surface area contributed by atoms with E-state index >= 15 is 0 Å². The Balaban J connectivity index is 0.000000270. The summed E-state index contributed by atoms with van der Waals surface area (Å²) < 4.78 is 4.55. The summed E-state index contributed by atoms with van der Waals surface area (Å²) in [5, 5.41) is 0. The molecule has 1 aromatic rings. The lowest BCUT2D eigenvalue weighted by Crippen LogP contribution is -2.40. The van der Waals surface area contributed by atoms with E-state index in [2.05, 4.69) is 28.7 Å². The maximum Gasteiger partial charge on any atom is 0.293 e. The molecule has 2 rings (SSSR count). The third-order valence-corrected chi connectivity index (χ3v) is 3.18. The van der Waals surface area contributed by atoms with E-state index in [4.69, 9.17) is 0 Å². The molecule has 0 radical (unpaired) electrons. The Bertz CT molecular complexity index is 451. The van der Waals surface area contributed by atoms with Gasteiger partial charge in [0.25, 0.3) is 6.47 Å². The molecule has 1 saturated heterocycles. The fourth-order valence-electron chi connectivity index (χ4n) is 2.15. The number of ketones is 1. The van der Waals surface area contributed by atoms with Gasteiger partial charge in [-0.25, -0.2) is 0 Å². The first-order chi connectivity index (χ1) is 9.83. The summed E-state index contributed by atoms with van der Waals surface area (Å²) in [6.45, 7) is 8.90. The summed E-state index contributed by atoms with van der Waals surface area (Å²) in [5.41, 5.74) is 0.911. The van der Waals surface area contributed by atoms with E-state index in [1.54, 1.807) is 0 Å². The molecule has 4 heteroatoms. The molecule has 0 saturated carbocycles. The SMILES string of the molecule is CC(C)(C)OC=O.CC1CC(=O)CCN1c1ccccc1. The van der Waals surface area contributed by atoms with Crippen LogP contribution >= 0.6 is 0 Å². The lowest BCUT2D eigenvalue weighted by atomic mass is 10.0. The molecule has 1 atom stereocenters. The number of carbonyl (C=O) groups is 2. The van der Waals surface area contributed by atoms with Gasteiger partial charge < -0.3 is 9.64 Å². The smallest absolute Gasteiger partial charge is 0.293 e. The molecule has 1 aromatic carbocycles. The van der Waals surface area contributed by atoms with Gasteiger partial charge in [-0.1, -0.05) is 18.2 Å². The van der Waals surface area contributed by atoms with Crippen molar-refractivity contribution in [3.63, 3.8) is 0 Å². The van der Waals surface area contributed by atoms with Crippen molar-refractivity contribution in [3.05, 3.63) is 30.3 Å². The number of carbonyl (C=O) groups excluding carboxylic acids is 2. The number of benzene rings is 1. The predicted octanol–water partition coefficient (Wildman–Crippen LogP) is 3.20. The van der Waals surface area contributed by atoms with Gasteiger partial charge in [-0.2, -0.15) is 0 Å². The lowest BCUT2D eigenvalue weighted by Gasteiger charge is -2.34. The minimum Gasteiger partial charge on any atom is -0.462 e. The number of Topliss-reactive ketones (excluding diaryl/α,β-unsaturated/α-hetero) is 1. The normalized spacial score (nSPS) is 18.6. The molecule has 1 heterocycles. The first-order valence-electron chi connectivity index (χ1n) is 7.28. The van der Waals surface area contributed by atoms with Crippen LogP contribution in [-0.4, -0.2) is 30.4 Å². The van der Waals surface area contributed by atoms with Gasteiger partial charge in [-0.05, 0) is 39.8 Å². The van der Waals surface area contributed by atoms with Gasteiger partial charge in [0, 0.05) is 31.1 Å². The molecule has 4 nitrogen and oxygen atoms in total. The highest BCUT2D eigenvalue weighted by Crippen LogP contribution is 2.22. The summed E-state index contributed by atoms with van der Waals surface area (Å²) in [4.78, 5) is 23.1. The van der Waals surface area contributed by atoms with Crippen molar-refractivity contribution in [1.29, 1.82) is 0 Å². The van der Waals surface area contributed by atoms with Crippen molar-refractivity contribution in [1.82, 2.24) is 0 Å². The second-order valence-electron chi connectivity index (χ2n) is 6.20. The maximum atomic E-state index is 11.2. The fraction of sp³-hybridized carbons (Fsp3) is 0.529. The van der Waals surface area contributed by atoms with Crippen LogP contribution in [0.1, 0.15) is 40.5 Å². The highest BCUT2D eigenvalue weighted by Gasteiger charge is 2.23. The minimum absolute atomic E-state index is 0.318. The van der Waals surface area contributed by atoms with Crippen molar-refractivity contribution < 1.29 is 14.3 Å². The Hall–Kier alpha value is -1.84. The van der Waals surface area contributed by atoms with Crippen LogP contribution in [0.25, 0.3) is 0 Å². The molecular formula is C17H25NO3. The van der Waals surface area contributed by atoms with E-state index < -0.39 is 0 Å². The zero-order valence-corrected chi connectivity index (χ0v) is 13.3. The standard InChI is InChI=1S/C12H15NO.C5H10O2/c1-10-9-12(14)7-8-13(10)11-5-3-2-4-6-11;1-5(2,3)7-4-6/h2-6,10H,7-9H2,1H3;4H,1-3H3. The first-order valence-corrected chi connectivity index (χ1v) is 7.28. The number of piperidine rings is 1. The zero-order chi connectivity index (χ0) is 15.9. The highest BCUT2D eigenvalue weighted by molar-refractivity contribution is 5.81. The Morgan fingerprint density at radius 3 is 2.29 bits per heavy atom. The van der Waals surface area contributed by atoms with E-state index in [-0.39, 0.29) is 5.60 Å². The van der Waals surface area contributed by atoms with Crippen LogP contribution in [0.2, 0.25) is 0 Å². The molecular weight excluding hydrogens is 266 g/mol. The third kappa shape index (κ3) is 6.43. The van der Waals surface area contributed by atoms with Crippen LogP contribution < -0.4 is 4.90 Å².